The standard InChI is InChI=1S/C18H30N2O/c19-16-13-6-7-15(11-13)18(16)8-4-5-14(12-18)17(21)20-9-2-1-3-10-20/h13-16H,1-12,19H2/t13-,14-,15+,16+,18-/m1/s1. The molecule has 4 aliphatic rings. The Balaban J connectivity index is 1.49. The van der Waals surface area contributed by atoms with Gasteiger partial charge in [0, 0.05) is 25.0 Å². The van der Waals surface area contributed by atoms with E-state index in [0.717, 1.165) is 37.8 Å². The highest BCUT2D eigenvalue weighted by Crippen LogP contribution is 2.61. The number of carbonyl (C=O) groups excluding carboxylic acids is 1. The average molecular weight is 290 g/mol. The molecule has 5 atom stereocenters. The molecule has 1 amide bonds. The Labute approximate surface area is 128 Å². The lowest BCUT2D eigenvalue weighted by Crippen LogP contribution is -2.51. The quantitative estimate of drug-likeness (QED) is 0.807. The van der Waals surface area contributed by atoms with Crippen molar-refractivity contribution in [3.8, 4) is 0 Å². The maximum atomic E-state index is 12.9. The van der Waals surface area contributed by atoms with Crippen molar-refractivity contribution in [2.24, 2.45) is 28.9 Å². The molecule has 21 heavy (non-hydrogen) atoms. The summed E-state index contributed by atoms with van der Waals surface area (Å²) in [6.07, 6.45) is 12.5. The molecule has 4 rings (SSSR count). The van der Waals surface area contributed by atoms with Gasteiger partial charge in [-0.1, -0.05) is 6.42 Å². The lowest BCUT2D eigenvalue weighted by Gasteiger charge is -2.48. The predicted octanol–water partition coefficient (Wildman–Crippen LogP) is 2.93. The van der Waals surface area contributed by atoms with E-state index in [1.54, 1.807) is 0 Å². The van der Waals surface area contributed by atoms with Crippen LogP contribution in [-0.2, 0) is 4.79 Å². The zero-order valence-electron chi connectivity index (χ0n) is 13.2. The molecule has 3 aliphatic carbocycles. The number of carbonyl (C=O) groups is 1. The highest BCUT2D eigenvalue weighted by atomic mass is 16.2. The second-order valence-electron chi connectivity index (χ2n) is 8.21. The van der Waals surface area contributed by atoms with Gasteiger partial charge >= 0.3 is 0 Å². The van der Waals surface area contributed by atoms with Gasteiger partial charge in [-0.15, -0.1) is 0 Å². The fourth-order valence-corrected chi connectivity index (χ4v) is 6.20. The van der Waals surface area contributed by atoms with E-state index in [-0.39, 0.29) is 5.92 Å². The molecular formula is C18H30N2O. The third-order valence-electron chi connectivity index (χ3n) is 7.30. The molecule has 118 valence electrons. The second-order valence-corrected chi connectivity index (χ2v) is 8.21. The lowest BCUT2D eigenvalue weighted by atomic mass is 9.59. The molecule has 1 aliphatic heterocycles. The van der Waals surface area contributed by atoms with Gasteiger partial charge < -0.3 is 10.6 Å². The van der Waals surface area contributed by atoms with Gasteiger partial charge in [0.2, 0.25) is 5.91 Å². The van der Waals surface area contributed by atoms with Gasteiger partial charge in [-0.05, 0) is 75.0 Å². The fourth-order valence-electron chi connectivity index (χ4n) is 6.20. The van der Waals surface area contributed by atoms with E-state index in [2.05, 4.69) is 4.90 Å². The summed E-state index contributed by atoms with van der Waals surface area (Å²) >= 11 is 0. The normalized spacial score (nSPS) is 46.2. The predicted molar refractivity (Wildman–Crippen MR) is 83.6 cm³/mol. The molecule has 4 fully saturated rings. The molecule has 1 heterocycles. The minimum absolute atomic E-state index is 0.280. The number of fused-ring (bicyclic) bond motifs is 3. The Morgan fingerprint density at radius 1 is 1.05 bits per heavy atom. The van der Waals surface area contributed by atoms with Crippen LogP contribution in [0.1, 0.15) is 64.2 Å². The van der Waals surface area contributed by atoms with Crippen molar-refractivity contribution in [2.45, 2.75) is 70.3 Å². The topological polar surface area (TPSA) is 46.3 Å². The second kappa shape index (κ2) is 5.26. The van der Waals surface area contributed by atoms with Crippen molar-refractivity contribution in [1.82, 2.24) is 4.90 Å². The minimum Gasteiger partial charge on any atom is -0.342 e. The Morgan fingerprint density at radius 3 is 2.57 bits per heavy atom. The number of hydrogen-bond donors (Lipinski definition) is 1. The summed E-state index contributed by atoms with van der Waals surface area (Å²) in [5.74, 6) is 2.33. The number of nitrogens with two attached hydrogens (primary N) is 1. The van der Waals surface area contributed by atoms with E-state index in [1.165, 1.54) is 51.4 Å². The molecule has 0 unspecified atom stereocenters. The van der Waals surface area contributed by atoms with Crippen LogP contribution in [0.5, 0.6) is 0 Å². The molecule has 2 N–H and O–H groups in total. The molecule has 1 saturated heterocycles. The summed E-state index contributed by atoms with van der Waals surface area (Å²) in [6.45, 7) is 2.00. The molecule has 3 heteroatoms. The first-order valence-electron chi connectivity index (χ1n) is 9.25. The summed E-state index contributed by atoms with van der Waals surface area (Å²) in [6, 6.07) is 0.383. The number of likely N-dealkylation sites (tertiary alicyclic amines) is 1. The number of nitrogens with zero attached hydrogens (tertiary/aromatic N) is 1. The van der Waals surface area contributed by atoms with Crippen molar-refractivity contribution in [3.63, 3.8) is 0 Å². The van der Waals surface area contributed by atoms with Gasteiger partial charge in [0.05, 0.1) is 0 Å². The smallest absolute Gasteiger partial charge is 0.225 e. The summed E-state index contributed by atoms with van der Waals surface area (Å²) in [4.78, 5) is 15.0. The molecule has 2 bridgehead atoms. The van der Waals surface area contributed by atoms with Gasteiger partial charge in [-0.3, -0.25) is 4.79 Å². The maximum Gasteiger partial charge on any atom is 0.225 e. The van der Waals surface area contributed by atoms with Crippen molar-refractivity contribution in [1.29, 1.82) is 0 Å². The van der Waals surface area contributed by atoms with Crippen LogP contribution >= 0.6 is 0 Å². The van der Waals surface area contributed by atoms with E-state index in [0.29, 0.717) is 17.4 Å². The van der Waals surface area contributed by atoms with E-state index >= 15 is 0 Å². The molecule has 0 aromatic heterocycles. The number of rotatable bonds is 1. The van der Waals surface area contributed by atoms with Crippen molar-refractivity contribution < 1.29 is 4.79 Å². The van der Waals surface area contributed by atoms with E-state index in [1.807, 2.05) is 0 Å². The van der Waals surface area contributed by atoms with Crippen LogP contribution in [0.15, 0.2) is 0 Å². The van der Waals surface area contributed by atoms with Gasteiger partial charge in [-0.2, -0.15) is 0 Å². The van der Waals surface area contributed by atoms with Crippen LogP contribution in [0.4, 0.5) is 0 Å². The number of amides is 1. The van der Waals surface area contributed by atoms with Gasteiger partial charge in [0.25, 0.3) is 0 Å². The first-order chi connectivity index (χ1) is 10.2. The Hall–Kier alpha value is -0.570. The SMILES string of the molecule is N[C@H]1[C@@H]2CC[C@@H](C2)[C@]12CCC[C@@H](C(=O)N1CCCCC1)C2. The van der Waals surface area contributed by atoms with Crippen LogP contribution in [-0.4, -0.2) is 29.9 Å². The van der Waals surface area contributed by atoms with Crippen LogP contribution in [0.3, 0.4) is 0 Å². The van der Waals surface area contributed by atoms with Crippen LogP contribution in [0, 0.1) is 23.2 Å². The first kappa shape index (κ1) is 14.0. The molecule has 3 saturated carbocycles. The molecule has 1 spiro atoms. The fraction of sp³-hybridized carbons (Fsp3) is 0.944. The number of hydrogen-bond acceptors (Lipinski definition) is 2. The van der Waals surface area contributed by atoms with Gasteiger partial charge in [0.1, 0.15) is 0 Å². The summed E-state index contributed by atoms with van der Waals surface area (Å²) in [5, 5.41) is 0. The van der Waals surface area contributed by atoms with Crippen LogP contribution in [0.2, 0.25) is 0 Å². The van der Waals surface area contributed by atoms with Crippen molar-refractivity contribution in [2.75, 3.05) is 13.1 Å². The highest BCUT2D eigenvalue weighted by molar-refractivity contribution is 5.79. The van der Waals surface area contributed by atoms with Crippen LogP contribution in [0.25, 0.3) is 0 Å². The minimum atomic E-state index is 0.280. The molecule has 0 radical (unpaired) electrons. The van der Waals surface area contributed by atoms with E-state index in [4.69, 9.17) is 5.73 Å². The molecular weight excluding hydrogens is 260 g/mol. The number of piperidine rings is 1. The summed E-state index contributed by atoms with van der Waals surface area (Å²) in [5.41, 5.74) is 6.98. The third kappa shape index (κ3) is 2.15. The Bertz CT molecular complexity index is 413. The van der Waals surface area contributed by atoms with E-state index in [9.17, 15) is 4.79 Å². The molecule has 3 nitrogen and oxygen atoms in total. The maximum absolute atomic E-state index is 12.9. The lowest BCUT2D eigenvalue weighted by molar-refractivity contribution is -0.140. The van der Waals surface area contributed by atoms with Gasteiger partial charge in [0.15, 0.2) is 0 Å². The first-order valence-corrected chi connectivity index (χ1v) is 9.25. The van der Waals surface area contributed by atoms with Crippen molar-refractivity contribution >= 4 is 5.91 Å². The Morgan fingerprint density at radius 2 is 1.86 bits per heavy atom. The average Bonchev–Trinajstić information content (AvgIpc) is 3.11. The molecule has 0 aromatic carbocycles. The van der Waals surface area contributed by atoms with Crippen LogP contribution < -0.4 is 5.73 Å². The largest absolute Gasteiger partial charge is 0.342 e. The zero-order chi connectivity index (χ0) is 14.4. The summed E-state index contributed by atoms with van der Waals surface area (Å²) in [7, 11) is 0. The monoisotopic (exact) mass is 290 g/mol. The van der Waals surface area contributed by atoms with E-state index < -0.39 is 0 Å². The zero-order valence-corrected chi connectivity index (χ0v) is 13.2. The Kier molecular flexibility index (Phi) is 3.52. The third-order valence-corrected chi connectivity index (χ3v) is 7.30. The van der Waals surface area contributed by atoms with Gasteiger partial charge in [-0.25, -0.2) is 0 Å². The van der Waals surface area contributed by atoms with Crippen molar-refractivity contribution in [3.05, 3.63) is 0 Å². The highest BCUT2D eigenvalue weighted by Gasteiger charge is 2.58. The summed E-state index contributed by atoms with van der Waals surface area (Å²) < 4.78 is 0. The molecule has 0 aromatic rings.